The van der Waals surface area contributed by atoms with Crippen molar-refractivity contribution < 1.29 is 23.8 Å². The van der Waals surface area contributed by atoms with Gasteiger partial charge in [-0.25, -0.2) is 4.79 Å². The molecule has 1 aliphatic rings. The number of amides is 3. The Labute approximate surface area is 185 Å². The summed E-state index contributed by atoms with van der Waals surface area (Å²) in [4.78, 5) is 27.6. The number of nitrogens with one attached hydrogen (secondary N) is 2. The van der Waals surface area contributed by atoms with Crippen molar-refractivity contribution in [2.45, 2.75) is 46.1 Å². The molecule has 1 saturated heterocycles. The van der Waals surface area contributed by atoms with Crippen LogP contribution < -0.4 is 24.8 Å². The van der Waals surface area contributed by atoms with Crippen molar-refractivity contribution in [2.24, 2.45) is 11.8 Å². The molecule has 0 aromatic heterocycles. The van der Waals surface area contributed by atoms with Crippen molar-refractivity contribution >= 4 is 11.9 Å². The standard InChI is InChI=1S/C23H37N3O5/c1-14(2)11-24-21(27)17-13-26(22(28)25-23(3,4)5)12-16(17)15-9-18(29-6)20(31-8)19(10-15)30-7/h9-10,14,16-17H,11-13H2,1-8H3,(H,24,27)(H,25,28). The molecule has 8 heteroatoms. The fourth-order valence-electron chi connectivity index (χ4n) is 3.72. The maximum Gasteiger partial charge on any atom is 0.317 e. The lowest BCUT2D eigenvalue weighted by Crippen LogP contribution is -2.48. The lowest BCUT2D eigenvalue weighted by atomic mass is 9.87. The molecule has 0 radical (unpaired) electrons. The van der Waals surface area contributed by atoms with Crippen LogP contribution in [0.5, 0.6) is 17.2 Å². The zero-order valence-corrected chi connectivity index (χ0v) is 20.0. The van der Waals surface area contributed by atoms with Gasteiger partial charge in [0.25, 0.3) is 0 Å². The van der Waals surface area contributed by atoms with Gasteiger partial charge in [0, 0.05) is 31.1 Å². The van der Waals surface area contributed by atoms with Crippen LogP contribution in [0.3, 0.4) is 0 Å². The molecular weight excluding hydrogens is 398 g/mol. The number of benzene rings is 1. The summed E-state index contributed by atoms with van der Waals surface area (Å²) in [6.07, 6.45) is 0. The van der Waals surface area contributed by atoms with Gasteiger partial charge in [-0.1, -0.05) is 13.8 Å². The number of carbonyl (C=O) groups is 2. The van der Waals surface area contributed by atoms with Gasteiger partial charge in [-0.15, -0.1) is 0 Å². The smallest absolute Gasteiger partial charge is 0.317 e. The largest absolute Gasteiger partial charge is 0.493 e. The summed E-state index contributed by atoms with van der Waals surface area (Å²) in [7, 11) is 4.67. The Balaban J connectivity index is 2.40. The third-order valence-corrected chi connectivity index (χ3v) is 5.23. The molecule has 1 aliphatic heterocycles. The Kier molecular flexibility index (Phi) is 8.03. The van der Waals surface area contributed by atoms with Crippen LogP contribution in [0.2, 0.25) is 0 Å². The maximum absolute atomic E-state index is 13.1. The third kappa shape index (κ3) is 6.18. The summed E-state index contributed by atoms with van der Waals surface area (Å²) in [5.41, 5.74) is 0.502. The molecule has 2 unspecified atom stereocenters. The third-order valence-electron chi connectivity index (χ3n) is 5.23. The van der Waals surface area contributed by atoms with Gasteiger partial charge < -0.3 is 29.7 Å². The number of urea groups is 1. The van der Waals surface area contributed by atoms with Crippen molar-refractivity contribution in [2.75, 3.05) is 41.0 Å². The molecule has 2 rings (SSSR count). The van der Waals surface area contributed by atoms with E-state index in [1.807, 2.05) is 32.9 Å². The first-order valence-corrected chi connectivity index (χ1v) is 10.6. The normalized spacial score (nSPS) is 18.7. The summed E-state index contributed by atoms with van der Waals surface area (Å²) in [5, 5.41) is 6.02. The molecule has 31 heavy (non-hydrogen) atoms. The Hall–Kier alpha value is -2.64. The van der Waals surface area contributed by atoms with Gasteiger partial charge in [0.05, 0.1) is 27.2 Å². The van der Waals surface area contributed by atoms with Crippen LogP contribution in [0.25, 0.3) is 0 Å². The van der Waals surface area contributed by atoms with E-state index in [0.717, 1.165) is 5.56 Å². The van der Waals surface area contributed by atoms with Gasteiger partial charge in [-0.3, -0.25) is 4.79 Å². The van der Waals surface area contributed by atoms with Crippen LogP contribution >= 0.6 is 0 Å². The Morgan fingerprint density at radius 3 is 2.10 bits per heavy atom. The van der Waals surface area contributed by atoms with E-state index < -0.39 is 0 Å². The number of likely N-dealkylation sites (tertiary alicyclic amines) is 1. The first kappa shape index (κ1) is 24.6. The minimum absolute atomic E-state index is 0.0569. The summed E-state index contributed by atoms with van der Waals surface area (Å²) < 4.78 is 16.4. The van der Waals surface area contributed by atoms with Crippen molar-refractivity contribution in [3.05, 3.63) is 17.7 Å². The van der Waals surface area contributed by atoms with Crippen LogP contribution in [0.4, 0.5) is 4.79 Å². The topological polar surface area (TPSA) is 89.1 Å². The van der Waals surface area contributed by atoms with Gasteiger partial charge in [-0.2, -0.15) is 0 Å². The molecule has 1 fully saturated rings. The molecule has 1 aromatic rings. The second kappa shape index (κ2) is 10.1. The van der Waals surface area contributed by atoms with Gasteiger partial charge in [0.2, 0.25) is 11.7 Å². The highest BCUT2D eigenvalue weighted by molar-refractivity contribution is 5.83. The van der Waals surface area contributed by atoms with E-state index in [0.29, 0.717) is 42.8 Å². The van der Waals surface area contributed by atoms with Gasteiger partial charge in [0.1, 0.15) is 0 Å². The second-order valence-electron chi connectivity index (χ2n) is 9.40. The maximum atomic E-state index is 13.1. The fourth-order valence-corrected chi connectivity index (χ4v) is 3.72. The number of ether oxygens (including phenoxy) is 3. The predicted molar refractivity (Wildman–Crippen MR) is 120 cm³/mol. The van der Waals surface area contributed by atoms with E-state index in [-0.39, 0.29) is 29.3 Å². The highest BCUT2D eigenvalue weighted by Crippen LogP contribution is 2.43. The minimum atomic E-state index is -0.382. The second-order valence-corrected chi connectivity index (χ2v) is 9.40. The molecule has 0 aliphatic carbocycles. The van der Waals surface area contributed by atoms with Gasteiger partial charge in [-0.05, 0) is 44.4 Å². The average molecular weight is 436 g/mol. The summed E-state index contributed by atoms with van der Waals surface area (Å²) in [6.45, 7) is 11.3. The lowest BCUT2D eigenvalue weighted by molar-refractivity contribution is -0.125. The molecular formula is C23H37N3O5. The summed E-state index contributed by atoms with van der Waals surface area (Å²) in [5.74, 6) is 1.24. The zero-order valence-electron chi connectivity index (χ0n) is 20.0. The van der Waals surface area contributed by atoms with Crippen molar-refractivity contribution in [3.8, 4) is 17.2 Å². The molecule has 0 spiro atoms. The van der Waals surface area contributed by atoms with E-state index in [1.54, 1.807) is 26.2 Å². The quantitative estimate of drug-likeness (QED) is 0.687. The van der Waals surface area contributed by atoms with E-state index >= 15 is 0 Å². The molecule has 0 bridgehead atoms. The molecule has 1 aromatic carbocycles. The van der Waals surface area contributed by atoms with Crippen molar-refractivity contribution in [1.82, 2.24) is 15.5 Å². The summed E-state index contributed by atoms with van der Waals surface area (Å²) >= 11 is 0. The van der Waals surface area contributed by atoms with Crippen LogP contribution in [0, 0.1) is 11.8 Å². The first-order chi connectivity index (χ1) is 14.5. The summed E-state index contributed by atoms with van der Waals surface area (Å²) in [6, 6.07) is 3.55. The molecule has 174 valence electrons. The number of hydrogen-bond acceptors (Lipinski definition) is 5. The van der Waals surface area contributed by atoms with E-state index in [4.69, 9.17) is 14.2 Å². The predicted octanol–water partition coefficient (Wildman–Crippen LogP) is 3.01. The van der Waals surface area contributed by atoms with Crippen molar-refractivity contribution in [1.29, 1.82) is 0 Å². The van der Waals surface area contributed by atoms with Gasteiger partial charge >= 0.3 is 6.03 Å². The minimum Gasteiger partial charge on any atom is -0.493 e. The number of carbonyl (C=O) groups excluding carboxylic acids is 2. The SMILES string of the molecule is COc1cc(C2CN(C(=O)NC(C)(C)C)CC2C(=O)NCC(C)C)cc(OC)c1OC. The highest BCUT2D eigenvalue weighted by atomic mass is 16.5. The number of hydrogen-bond donors (Lipinski definition) is 2. The Morgan fingerprint density at radius 2 is 1.65 bits per heavy atom. The number of nitrogens with zero attached hydrogens (tertiary/aromatic N) is 1. The molecule has 2 N–H and O–H groups in total. The molecule has 0 saturated carbocycles. The van der Waals surface area contributed by atoms with Crippen LogP contribution in [-0.2, 0) is 4.79 Å². The first-order valence-electron chi connectivity index (χ1n) is 10.6. The van der Waals surface area contributed by atoms with E-state index in [2.05, 4.69) is 24.5 Å². The molecule has 1 heterocycles. The highest BCUT2D eigenvalue weighted by Gasteiger charge is 2.41. The van der Waals surface area contributed by atoms with Gasteiger partial charge in [0.15, 0.2) is 11.5 Å². The Bertz CT molecular complexity index is 763. The van der Waals surface area contributed by atoms with Crippen LogP contribution in [0.1, 0.15) is 46.1 Å². The van der Waals surface area contributed by atoms with Crippen molar-refractivity contribution in [3.63, 3.8) is 0 Å². The zero-order chi connectivity index (χ0) is 23.3. The number of methoxy groups -OCH3 is 3. The van der Waals surface area contributed by atoms with E-state index in [9.17, 15) is 9.59 Å². The molecule has 3 amide bonds. The monoisotopic (exact) mass is 435 g/mol. The van der Waals surface area contributed by atoms with Crippen LogP contribution in [0.15, 0.2) is 12.1 Å². The number of rotatable bonds is 7. The van der Waals surface area contributed by atoms with Crippen LogP contribution in [-0.4, -0.2) is 63.3 Å². The average Bonchev–Trinajstić information content (AvgIpc) is 3.15. The lowest BCUT2D eigenvalue weighted by Gasteiger charge is -2.25. The molecule has 2 atom stereocenters. The molecule has 8 nitrogen and oxygen atoms in total. The fraction of sp³-hybridized carbons (Fsp3) is 0.652. The Morgan fingerprint density at radius 1 is 1.06 bits per heavy atom. The van der Waals surface area contributed by atoms with E-state index in [1.165, 1.54) is 0 Å².